The maximum Gasteiger partial charge on any atom is 0.321 e. The van der Waals surface area contributed by atoms with Crippen molar-refractivity contribution in [2.24, 2.45) is 0 Å². The van der Waals surface area contributed by atoms with Gasteiger partial charge >= 0.3 is 6.03 Å². The van der Waals surface area contributed by atoms with Gasteiger partial charge in [0.25, 0.3) is 5.91 Å². The second-order valence-corrected chi connectivity index (χ2v) is 7.14. The minimum absolute atomic E-state index is 0.119. The molecule has 1 fully saturated rings. The summed E-state index contributed by atoms with van der Waals surface area (Å²) in [5.41, 5.74) is 3.66. The number of amides is 3. The van der Waals surface area contributed by atoms with Gasteiger partial charge in [-0.1, -0.05) is 24.3 Å². The van der Waals surface area contributed by atoms with E-state index in [0.717, 1.165) is 18.4 Å². The molecule has 3 amide bonds. The highest BCUT2D eigenvalue weighted by Gasteiger charge is 2.25. The third kappa shape index (κ3) is 3.58. The number of rotatable bonds is 3. The van der Waals surface area contributed by atoms with Gasteiger partial charge in [-0.3, -0.25) is 4.79 Å². The summed E-state index contributed by atoms with van der Waals surface area (Å²) in [5, 5.41) is 6.78. The Kier molecular flexibility index (Phi) is 5.02. The van der Waals surface area contributed by atoms with Gasteiger partial charge in [0.05, 0.1) is 0 Å². The summed E-state index contributed by atoms with van der Waals surface area (Å²) in [7, 11) is 1.59. The number of hydrogen-bond acceptors (Lipinski definition) is 2. The van der Waals surface area contributed by atoms with Gasteiger partial charge in [0, 0.05) is 48.5 Å². The van der Waals surface area contributed by atoms with Crippen molar-refractivity contribution in [3.05, 3.63) is 65.9 Å². The lowest BCUT2D eigenvalue weighted by atomic mass is 9.89. The molecule has 4 rings (SSSR count). The van der Waals surface area contributed by atoms with Gasteiger partial charge in [0.1, 0.15) is 0 Å². The Hall–Kier alpha value is -3.28. The number of piperidine rings is 1. The van der Waals surface area contributed by atoms with Crippen molar-refractivity contribution < 1.29 is 9.59 Å². The average Bonchev–Trinajstić information content (AvgIpc) is 3.17. The van der Waals surface area contributed by atoms with E-state index in [4.69, 9.17) is 0 Å². The molecule has 1 aliphatic rings. The zero-order chi connectivity index (χ0) is 19.5. The van der Waals surface area contributed by atoms with Crippen molar-refractivity contribution in [3.63, 3.8) is 0 Å². The number of carbonyl (C=O) groups excluding carboxylic acids is 2. The Morgan fingerprint density at radius 1 is 1.07 bits per heavy atom. The second kappa shape index (κ2) is 7.76. The molecule has 1 saturated heterocycles. The lowest BCUT2D eigenvalue weighted by Gasteiger charge is -2.32. The maximum atomic E-state index is 12.6. The van der Waals surface area contributed by atoms with E-state index >= 15 is 0 Å². The van der Waals surface area contributed by atoms with Gasteiger partial charge < -0.3 is 20.5 Å². The van der Waals surface area contributed by atoms with Crippen LogP contribution in [0.2, 0.25) is 0 Å². The number of hydrogen-bond donors (Lipinski definition) is 3. The molecule has 0 bridgehead atoms. The normalized spacial score (nSPS) is 14.8. The number of H-pyrrole nitrogens is 1. The van der Waals surface area contributed by atoms with Crippen LogP contribution in [-0.2, 0) is 0 Å². The van der Waals surface area contributed by atoms with Crippen LogP contribution in [0.4, 0.5) is 10.5 Å². The minimum Gasteiger partial charge on any atom is -0.361 e. The third-order valence-corrected chi connectivity index (χ3v) is 5.45. The van der Waals surface area contributed by atoms with E-state index < -0.39 is 0 Å². The van der Waals surface area contributed by atoms with E-state index in [1.165, 1.54) is 10.9 Å². The molecule has 0 spiro atoms. The molecule has 0 atom stereocenters. The summed E-state index contributed by atoms with van der Waals surface area (Å²) in [6, 6.07) is 15.2. The molecule has 28 heavy (non-hydrogen) atoms. The lowest BCUT2D eigenvalue weighted by molar-refractivity contribution is 0.0963. The topological polar surface area (TPSA) is 77.2 Å². The fourth-order valence-corrected chi connectivity index (χ4v) is 3.91. The van der Waals surface area contributed by atoms with Crippen LogP contribution < -0.4 is 10.6 Å². The molecule has 3 aromatic rings. The number of para-hydroxylation sites is 1. The predicted molar refractivity (Wildman–Crippen MR) is 111 cm³/mol. The third-order valence-electron chi connectivity index (χ3n) is 5.45. The number of carbonyl (C=O) groups is 2. The fraction of sp³-hybridized carbons (Fsp3) is 0.273. The molecule has 0 radical (unpaired) electrons. The first kappa shape index (κ1) is 18.1. The summed E-state index contributed by atoms with van der Waals surface area (Å²) in [6.45, 7) is 1.43. The van der Waals surface area contributed by atoms with Gasteiger partial charge in [-0.05, 0) is 48.6 Å². The van der Waals surface area contributed by atoms with E-state index in [0.29, 0.717) is 30.3 Å². The van der Waals surface area contributed by atoms with Crippen LogP contribution in [-0.4, -0.2) is 42.0 Å². The van der Waals surface area contributed by atoms with Crippen LogP contribution >= 0.6 is 0 Å². The van der Waals surface area contributed by atoms with Crippen molar-refractivity contribution in [2.75, 3.05) is 25.5 Å². The Labute approximate surface area is 163 Å². The Balaban J connectivity index is 1.38. The Morgan fingerprint density at radius 2 is 1.86 bits per heavy atom. The van der Waals surface area contributed by atoms with Crippen LogP contribution in [0.5, 0.6) is 0 Å². The Morgan fingerprint density at radius 3 is 2.64 bits per heavy atom. The minimum atomic E-state index is -0.171. The smallest absolute Gasteiger partial charge is 0.321 e. The number of nitrogens with zero attached hydrogens (tertiary/aromatic N) is 1. The zero-order valence-corrected chi connectivity index (χ0v) is 15.9. The van der Waals surface area contributed by atoms with E-state index in [9.17, 15) is 9.59 Å². The molecule has 1 aliphatic heterocycles. The molecular weight excluding hydrogens is 352 g/mol. The van der Waals surface area contributed by atoms with Crippen LogP contribution in [0, 0.1) is 0 Å². The van der Waals surface area contributed by atoms with E-state index in [1.54, 1.807) is 31.3 Å². The lowest BCUT2D eigenvalue weighted by Crippen LogP contribution is -2.40. The van der Waals surface area contributed by atoms with Crippen molar-refractivity contribution >= 4 is 28.5 Å². The molecule has 144 valence electrons. The highest BCUT2D eigenvalue weighted by molar-refractivity contribution is 5.96. The van der Waals surface area contributed by atoms with Crippen molar-refractivity contribution in [2.45, 2.75) is 18.8 Å². The summed E-state index contributed by atoms with van der Waals surface area (Å²) in [6.07, 6.45) is 3.98. The molecule has 0 unspecified atom stereocenters. The molecular formula is C22H24N4O2. The average molecular weight is 376 g/mol. The molecule has 2 heterocycles. The van der Waals surface area contributed by atoms with Gasteiger partial charge in [0.15, 0.2) is 0 Å². The predicted octanol–water partition coefficient (Wildman–Crippen LogP) is 3.94. The number of benzene rings is 2. The molecule has 0 aliphatic carbocycles. The Bertz CT molecular complexity index is 1000. The number of nitrogens with one attached hydrogen (secondary N) is 3. The highest BCUT2D eigenvalue weighted by Crippen LogP contribution is 2.33. The quantitative estimate of drug-likeness (QED) is 0.647. The number of aromatic amines is 1. The summed E-state index contributed by atoms with van der Waals surface area (Å²) in [5.74, 6) is 0.285. The summed E-state index contributed by atoms with van der Waals surface area (Å²) in [4.78, 5) is 29.6. The van der Waals surface area contributed by atoms with Crippen LogP contribution in [0.1, 0.15) is 34.7 Å². The van der Waals surface area contributed by atoms with Crippen LogP contribution in [0.25, 0.3) is 10.9 Å². The van der Waals surface area contributed by atoms with E-state index in [1.807, 2.05) is 11.0 Å². The zero-order valence-electron chi connectivity index (χ0n) is 15.9. The molecule has 6 nitrogen and oxygen atoms in total. The summed E-state index contributed by atoms with van der Waals surface area (Å²) >= 11 is 0. The number of urea groups is 1. The first-order valence-corrected chi connectivity index (χ1v) is 9.60. The monoisotopic (exact) mass is 376 g/mol. The largest absolute Gasteiger partial charge is 0.361 e. The van der Waals surface area contributed by atoms with Crippen molar-refractivity contribution in [1.29, 1.82) is 0 Å². The number of anilines is 1. The van der Waals surface area contributed by atoms with Gasteiger partial charge in [-0.2, -0.15) is 0 Å². The maximum absolute atomic E-state index is 12.6. The van der Waals surface area contributed by atoms with Crippen molar-refractivity contribution in [3.8, 4) is 0 Å². The highest BCUT2D eigenvalue weighted by atomic mass is 16.2. The molecule has 3 N–H and O–H groups in total. The first-order chi connectivity index (χ1) is 13.7. The second-order valence-electron chi connectivity index (χ2n) is 7.14. The van der Waals surface area contributed by atoms with Crippen molar-refractivity contribution in [1.82, 2.24) is 15.2 Å². The fourth-order valence-electron chi connectivity index (χ4n) is 3.91. The summed E-state index contributed by atoms with van der Waals surface area (Å²) < 4.78 is 0. The molecule has 0 saturated carbocycles. The van der Waals surface area contributed by atoms with Crippen LogP contribution in [0.15, 0.2) is 54.7 Å². The SMILES string of the molecule is CNC(=O)c1cccc(NC(=O)N2CCC(c3c[nH]c4ccccc34)CC2)c1. The molecule has 2 aromatic carbocycles. The first-order valence-electron chi connectivity index (χ1n) is 9.60. The van der Waals surface area contributed by atoms with Crippen LogP contribution in [0.3, 0.4) is 0 Å². The number of likely N-dealkylation sites (tertiary alicyclic amines) is 1. The van der Waals surface area contributed by atoms with Gasteiger partial charge in [-0.15, -0.1) is 0 Å². The molecule has 1 aromatic heterocycles. The van der Waals surface area contributed by atoms with E-state index in [2.05, 4.69) is 40.0 Å². The van der Waals surface area contributed by atoms with Gasteiger partial charge in [-0.25, -0.2) is 4.79 Å². The number of aromatic nitrogens is 1. The standard InChI is InChI=1S/C22H24N4O2/c1-23-21(27)16-5-4-6-17(13-16)25-22(28)26-11-9-15(10-12-26)19-14-24-20-8-3-2-7-18(19)20/h2-8,13-15,24H,9-12H2,1H3,(H,23,27)(H,25,28). The number of fused-ring (bicyclic) bond motifs is 1. The van der Waals surface area contributed by atoms with Gasteiger partial charge in [0.2, 0.25) is 0 Å². The van der Waals surface area contributed by atoms with E-state index in [-0.39, 0.29) is 11.9 Å². The molecule has 6 heteroatoms.